The maximum absolute atomic E-state index is 13.2. The average molecular weight is 463 g/mol. The number of benzene rings is 2. The molecule has 3 heterocycles. The molecule has 1 atom stereocenters. The molecule has 6 nitrogen and oxygen atoms in total. The fraction of sp³-hybridized carbons (Fsp3) is 0.346. The fourth-order valence-corrected chi connectivity index (χ4v) is 5.30. The topological polar surface area (TPSA) is 80.8 Å². The predicted octanol–water partition coefficient (Wildman–Crippen LogP) is 4.42. The van der Waals surface area contributed by atoms with Crippen molar-refractivity contribution in [2.75, 3.05) is 13.2 Å². The Morgan fingerprint density at radius 3 is 2.76 bits per heavy atom. The molecule has 1 amide bonds. The smallest absolute Gasteiger partial charge is 0.232 e. The molecule has 2 aliphatic heterocycles. The van der Waals surface area contributed by atoms with Gasteiger partial charge in [0.15, 0.2) is 5.96 Å². The number of amides is 1. The number of aliphatic imine (C=N–C) groups is 1. The van der Waals surface area contributed by atoms with Crippen molar-refractivity contribution in [3.05, 3.63) is 76.4 Å². The van der Waals surface area contributed by atoms with Crippen molar-refractivity contribution < 1.29 is 9.53 Å². The summed E-state index contributed by atoms with van der Waals surface area (Å²) in [6.07, 6.45) is 4.30. The van der Waals surface area contributed by atoms with Gasteiger partial charge in [0.25, 0.3) is 0 Å². The Kier molecular flexibility index (Phi) is 5.81. The summed E-state index contributed by atoms with van der Waals surface area (Å²) in [4.78, 5) is 24.2. The van der Waals surface area contributed by atoms with E-state index in [1.165, 1.54) is 0 Å². The molecule has 2 aromatic carbocycles. The van der Waals surface area contributed by atoms with Crippen LogP contribution in [0.25, 0.3) is 10.9 Å². The molecule has 7 heteroatoms. The average Bonchev–Trinajstić information content (AvgIpc) is 2.80. The normalized spacial score (nSPS) is 21.9. The largest absolute Gasteiger partial charge is 0.381 e. The lowest BCUT2D eigenvalue weighted by molar-refractivity contribution is -0.132. The Bertz CT molecular complexity index is 1240. The molecule has 1 fully saturated rings. The third-order valence-corrected chi connectivity index (χ3v) is 7.08. The highest BCUT2D eigenvalue weighted by Crippen LogP contribution is 2.40. The monoisotopic (exact) mass is 462 g/mol. The second-order valence-corrected chi connectivity index (χ2v) is 9.40. The van der Waals surface area contributed by atoms with E-state index in [4.69, 9.17) is 27.1 Å². The van der Waals surface area contributed by atoms with Crippen LogP contribution in [0.1, 0.15) is 42.9 Å². The number of rotatable bonds is 4. The van der Waals surface area contributed by atoms with Crippen LogP contribution in [-0.4, -0.2) is 41.0 Å². The predicted molar refractivity (Wildman–Crippen MR) is 130 cm³/mol. The van der Waals surface area contributed by atoms with Crippen LogP contribution in [0.3, 0.4) is 0 Å². The number of nitrogens with two attached hydrogens (primary N) is 1. The van der Waals surface area contributed by atoms with Gasteiger partial charge in [0.1, 0.15) is 0 Å². The quantitative estimate of drug-likeness (QED) is 0.622. The van der Waals surface area contributed by atoms with E-state index in [0.717, 1.165) is 40.4 Å². The molecule has 0 aliphatic carbocycles. The first-order valence-electron chi connectivity index (χ1n) is 11.3. The van der Waals surface area contributed by atoms with Crippen molar-refractivity contribution in [2.45, 2.75) is 44.2 Å². The summed E-state index contributed by atoms with van der Waals surface area (Å²) in [6, 6.07) is 16.2. The standard InChI is InChI=1S/C26H27ClN4O2/c1-26(15-23(32)31(25(28)30-26)20-9-11-33-12-10-20)21-7-4-6-19(24(21)27)14-17-13-18-5-2-3-8-22(18)29-16-17/h2-8,13,16,20H,9-12,14-15H2,1H3,(H2,28,30)/t26-/m0/s1. The van der Waals surface area contributed by atoms with Crippen molar-refractivity contribution in [3.8, 4) is 0 Å². The first kappa shape index (κ1) is 21.9. The summed E-state index contributed by atoms with van der Waals surface area (Å²) >= 11 is 6.91. The summed E-state index contributed by atoms with van der Waals surface area (Å²) in [5.74, 6) is 0.248. The summed E-state index contributed by atoms with van der Waals surface area (Å²) < 4.78 is 5.43. The second-order valence-electron chi connectivity index (χ2n) is 9.02. The molecule has 170 valence electrons. The molecule has 2 N–H and O–H groups in total. The maximum Gasteiger partial charge on any atom is 0.232 e. The van der Waals surface area contributed by atoms with Gasteiger partial charge in [-0.2, -0.15) is 0 Å². The second kappa shape index (κ2) is 8.76. The van der Waals surface area contributed by atoms with Crippen molar-refractivity contribution in [1.29, 1.82) is 0 Å². The number of pyridine rings is 1. The molecule has 0 saturated carbocycles. The highest BCUT2D eigenvalue weighted by molar-refractivity contribution is 6.32. The van der Waals surface area contributed by atoms with Crippen LogP contribution >= 0.6 is 11.6 Å². The van der Waals surface area contributed by atoms with E-state index in [1.54, 1.807) is 4.90 Å². The van der Waals surface area contributed by atoms with Crippen LogP contribution in [0.2, 0.25) is 5.02 Å². The minimum atomic E-state index is -0.808. The number of fused-ring (bicyclic) bond motifs is 1. The first-order chi connectivity index (χ1) is 15.9. The van der Waals surface area contributed by atoms with Gasteiger partial charge in [0.05, 0.1) is 17.5 Å². The van der Waals surface area contributed by atoms with Gasteiger partial charge >= 0.3 is 0 Å². The molecule has 33 heavy (non-hydrogen) atoms. The zero-order valence-corrected chi connectivity index (χ0v) is 19.4. The van der Waals surface area contributed by atoms with Crippen LogP contribution in [0, 0.1) is 0 Å². The van der Waals surface area contributed by atoms with Gasteiger partial charge in [-0.25, -0.2) is 4.99 Å². The number of halogens is 1. The Labute approximate surface area is 198 Å². The number of hydrogen-bond acceptors (Lipinski definition) is 5. The van der Waals surface area contributed by atoms with Crippen molar-refractivity contribution in [2.24, 2.45) is 10.7 Å². The Hall–Kier alpha value is -2.96. The first-order valence-corrected chi connectivity index (χ1v) is 11.7. The van der Waals surface area contributed by atoms with E-state index in [1.807, 2.05) is 49.5 Å². The van der Waals surface area contributed by atoms with Crippen LogP contribution in [-0.2, 0) is 21.5 Å². The molecule has 0 unspecified atom stereocenters. The minimum absolute atomic E-state index is 0.0166. The van der Waals surface area contributed by atoms with Gasteiger partial charge < -0.3 is 10.5 Å². The van der Waals surface area contributed by atoms with Crippen molar-refractivity contribution in [1.82, 2.24) is 9.88 Å². The lowest BCUT2D eigenvalue weighted by Crippen LogP contribution is -2.55. The summed E-state index contributed by atoms with van der Waals surface area (Å²) in [7, 11) is 0. The highest BCUT2D eigenvalue weighted by Gasteiger charge is 2.41. The van der Waals surface area contributed by atoms with E-state index in [9.17, 15) is 4.79 Å². The van der Waals surface area contributed by atoms with Crippen LogP contribution < -0.4 is 5.73 Å². The van der Waals surface area contributed by atoms with Crippen LogP contribution in [0.5, 0.6) is 0 Å². The van der Waals surface area contributed by atoms with Gasteiger partial charge in [-0.15, -0.1) is 0 Å². The molecular formula is C26H27ClN4O2. The van der Waals surface area contributed by atoms with Crippen LogP contribution in [0.15, 0.2) is 59.7 Å². The molecular weight excluding hydrogens is 436 g/mol. The molecule has 1 aromatic heterocycles. The summed E-state index contributed by atoms with van der Waals surface area (Å²) in [5.41, 5.74) is 9.36. The maximum atomic E-state index is 13.2. The van der Waals surface area contributed by atoms with Gasteiger partial charge in [-0.1, -0.05) is 48.0 Å². The molecule has 3 aromatic rings. The Morgan fingerprint density at radius 2 is 1.97 bits per heavy atom. The molecule has 5 rings (SSSR count). The number of aromatic nitrogens is 1. The summed E-state index contributed by atoms with van der Waals surface area (Å²) in [6.45, 7) is 3.20. The molecule has 1 saturated heterocycles. The fourth-order valence-electron chi connectivity index (χ4n) is 4.91. The molecule has 2 aliphatic rings. The number of carbonyl (C=O) groups excluding carboxylic acids is 1. The zero-order valence-electron chi connectivity index (χ0n) is 18.6. The van der Waals surface area contributed by atoms with Gasteiger partial charge in [0.2, 0.25) is 5.91 Å². The number of ether oxygens (including phenoxy) is 1. The summed E-state index contributed by atoms with van der Waals surface area (Å²) in [5, 5.41) is 1.72. The molecule has 0 bridgehead atoms. The number of guanidine groups is 1. The van der Waals surface area contributed by atoms with Crippen molar-refractivity contribution >= 4 is 34.4 Å². The van der Waals surface area contributed by atoms with E-state index < -0.39 is 5.54 Å². The minimum Gasteiger partial charge on any atom is -0.381 e. The lowest BCUT2D eigenvalue weighted by Gasteiger charge is -2.40. The Balaban J connectivity index is 1.45. The van der Waals surface area contributed by atoms with E-state index >= 15 is 0 Å². The number of nitrogens with zero attached hydrogens (tertiary/aromatic N) is 3. The lowest BCUT2D eigenvalue weighted by atomic mass is 9.85. The van der Waals surface area contributed by atoms with E-state index in [0.29, 0.717) is 24.7 Å². The van der Waals surface area contributed by atoms with Gasteiger partial charge in [-0.3, -0.25) is 14.7 Å². The third kappa shape index (κ3) is 4.21. The number of hydrogen-bond donors (Lipinski definition) is 1. The third-order valence-electron chi connectivity index (χ3n) is 6.63. The van der Waals surface area contributed by atoms with E-state index in [-0.39, 0.29) is 24.3 Å². The molecule has 0 radical (unpaired) electrons. The number of para-hydroxylation sites is 1. The van der Waals surface area contributed by atoms with Crippen LogP contribution in [0.4, 0.5) is 0 Å². The zero-order chi connectivity index (χ0) is 23.0. The van der Waals surface area contributed by atoms with Gasteiger partial charge in [0, 0.05) is 42.3 Å². The highest BCUT2D eigenvalue weighted by atomic mass is 35.5. The SMILES string of the molecule is C[C@@]1(c2cccc(Cc3cnc4ccccc4c3)c2Cl)CC(=O)N(C2CCOCC2)C(N)=N1. The number of carbonyl (C=O) groups is 1. The van der Waals surface area contributed by atoms with Crippen molar-refractivity contribution in [3.63, 3.8) is 0 Å². The molecule has 0 spiro atoms. The Morgan fingerprint density at radius 1 is 1.18 bits per heavy atom. The van der Waals surface area contributed by atoms with E-state index in [2.05, 4.69) is 17.1 Å². The van der Waals surface area contributed by atoms with Gasteiger partial charge in [-0.05, 0) is 48.6 Å².